The summed E-state index contributed by atoms with van der Waals surface area (Å²) in [6.07, 6.45) is 0.394. The number of aromatic nitrogens is 2. The maximum absolute atomic E-state index is 14.5. The zero-order chi connectivity index (χ0) is 19.8. The number of nitrogens with one attached hydrogen (secondary N) is 1. The van der Waals surface area contributed by atoms with E-state index in [4.69, 9.17) is 4.74 Å². The van der Waals surface area contributed by atoms with Gasteiger partial charge in [-0.2, -0.15) is 0 Å². The number of carbonyl (C=O) groups is 1. The van der Waals surface area contributed by atoms with Gasteiger partial charge in [0.2, 0.25) is 5.91 Å². The van der Waals surface area contributed by atoms with Crippen LogP contribution in [0, 0.1) is 13.8 Å². The molecule has 0 saturated carbocycles. The standard InChI is InChI=1S/C21H29FN4O2/c1-13-8-18-19(9-14(13)2)24-21(23-18)12-28-20-11-26(10-17(20)22)16-4-6-25(7-5-16)15(3)27/h8-9,16-17,20H,4-7,10-12H2,1-3H3,(H,23,24)/t17-,20+/m1/s1. The Labute approximate surface area is 165 Å². The zero-order valence-corrected chi connectivity index (χ0v) is 16.9. The molecule has 2 aliphatic heterocycles. The molecule has 0 bridgehead atoms. The minimum Gasteiger partial charge on any atom is -0.366 e. The van der Waals surface area contributed by atoms with Crippen LogP contribution in [0.5, 0.6) is 0 Å². The van der Waals surface area contributed by atoms with E-state index >= 15 is 0 Å². The Bertz CT molecular complexity index is 820. The first-order chi connectivity index (χ1) is 13.4. The van der Waals surface area contributed by atoms with Gasteiger partial charge in [-0.25, -0.2) is 9.37 Å². The number of benzene rings is 1. The van der Waals surface area contributed by atoms with Crippen LogP contribution in [0.15, 0.2) is 12.1 Å². The first kappa shape index (κ1) is 19.3. The third-order valence-corrected chi connectivity index (χ3v) is 6.23. The Hall–Kier alpha value is -1.99. The van der Waals surface area contributed by atoms with E-state index in [1.165, 1.54) is 11.1 Å². The highest BCUT2D eigenvalue weighted by molar-refractivity contribution is 5.77. The number of H-pyrrole nitrogens is 1. The monoisotopic (exact) mass is 388 g/mol. The number of aromatic amines is 1. The van der Waals surface area contributed by atoms with Crippen molar-refractivity contribution in [2.24, 2.45) is 0 Å². The predicted octanol–water partition coefficient (Wildman–Crippen LogP) is 2.73. The van der Waals surface area contributed by atoms with Gasteiger partial charge in [-0.15, -0.1) is 0 Å². The molecule has 7 heteroatoms. The van der Waals surface area contributed by atoms with Gasteiger partial charge in [-0.05, 0) is 49.9 Å². The molecule has 2 saturated heterocycles. The van der Waals surface area contributed by atoms with Crippen LogP contribution in [0.4, 0.5) is 4.39 Å². The molecule has 152 valence electrons. The lowest BCUT2D eigenvalue weighted by atomic mass is 10.0. The van der Waals surface area contributed by atoms with Crippen LogP contribution in [0.1, 0.15) is 36.7 Å². The molecule has 3 heterocycles. The van der Waals surface area contributed by atoms with Gasteiger partial charge in [0.1, 0.15) is 24.7 Å². The van der Waals surface area contributed by atoms with Crippen LogP contribution >= 0.6 is 0 Å². The quantitative estimate of drug-likeness (QED) is 0.875. The van der Waals surface area contributed by atoms with Gasteiger partial charge in [0.15, 0.2) is 0 Å². The molecule has 0 spiro atoms. The Morgan fingerprint density at radius 1 is 1.25 bits per heavy atom. The summed E-state index contributed by atoms with van der Waals surface area (Å²) in [6, 6.07) is 4.48. The van der Waals surface area contributed by atoms with E-state index in [0.29, 0.717) is 19.1 Å². The van der Waals surface area contributed by atoms with Crippen LogP contribution in [-0.2, 0) is 16.1 Å². The molecule has 2 fully saturated rings. The second kappa shape index (κ2) is 7.79. The second-order valence-corrected chi connectivity index (χ2v) is 8.19. The Balaban J connectivity index is 1.33. The fourth-order valence-electron chi connectivity index (χ4n) is 4.34. The highest BCUT2D eigenvalue weighted by Gasteiger charge is 2.38. The zero-order valence-electron chi connectivity index (χ0n) is 16.9. The number of aryl methyl sites for hydroxylation is 2. The van der Waals surface area contributed by atoms with Crippen molar-refractivity contribution in [2.75, 3.05) is 26.2 Å². The molecule has 28 heavy (non-hydrogen) atoms. The predicted molar refractivity (Wildman–Crippen MR) is 106 cm³/mol. The summed E-state index contributed by atoms with van der Waals surface area (Å²) in [5.41, 5.74) is 4.33. The Morgan fingerprint density at radius 3 is 2.68 bits per heavy atom. The van der Waals surface area contributed by atoms with Gasteiger partial charge in [0.05, 0.1) is 11.0 Å². The van der Waals surface area contributed by atoms with Crippen molar-refractivity contribution in [3.63, 3.8) is 0 Å². The van der Waals surface area contributed by atoms with Gasteiger partial charge < -0.3 is 14.6 Å². The third kappa shape index (κ3) is 3.91. The third-order valence-electron chi connectivity index (χ3n) is 6.23. The average molecular weight is 388 g/mol. The van der Waals surface area contributed by atoms with Crippen molar-refractivity contribution < 1.29 is 13.9 Å². The Morgan fingerprint density at radius 2 is 1.96 bits per heavy atom. The maximum atomic E-state index is 14.5. The van der Waals surface area contributed by atoms with Crippen molar-refractivity contribution in [2.45, 2.75) is 58.5 Å². The number of ether oxygens (including phenoxy) is 1. The van der Waals surface area contributed by atoms with Gasteiger partial charge in [-0.3, -0.25) is 9.69 Å². The average Bonchev–Trinajstić information content (AvgIpc) is 3.23. The van der Waals surface area contributed by atoms with Crippen molar-refractivity contribution in [1.29, 1.82) is 0 Å². The largest absolute Gasteiger partial charge is 0.366 e. The molecule has 6 nitrogen and oxygen atoms in total. The van der Waals surface area contributed by atoms with Crippen LogP contribution in [0.3, 0.4) is 0 Å². The van der Waals surface area contributed by atoms with Crippen LogP contribution in [-0.4, -0.2) is 70.2 Å². The van der Waals surface area contributed by atoms with E-state index < -0.39 is 12.3 Å². The van der Waals surface area contributed by atoms with Crippen molar-refractivity contribution >= 4 is 16.9 Å². The second-order valence-electron chi connectivity index (χ2n) is 8.19. The summed E-state index contributed by atoms with van der Waals surface area (Å²) in [7, 11) is 0. The number of carbonyl (C=O) groups excluding carboxylic acids is 1. The first-order valence-electron chi connectivity index (χ1n) is 10.1. The molecule has 1 aromatic heterocycles. The molecule has 1 aromatic carbocycles. The number of alkyl halides is 1. The molecule has 4 rings (SSSR count). The lowest BCUT2D eigenvalue weighted by Crippen LogP contribution is -2.45. The summed E-state index contributed by atoms with van der Waals surface area (Å²) in [5, 5.41) is 0. The molecule has 2 atom stereocenters. The van der Waals surface area contributed by atoms with Gasteiger partial charge >= 0.3 is 0 Å². The smallest absolute Gasteiger partial charge is 0.219 e. The molecular weight excluding hydrogens is 359 g/mol. The summed E-state index contributed by atoms with van der Waals surface area (Å²) >= 11 is 0. The summed E-state index contributed by atoms with van der Waals surface area (Å²) in [4.78, 5) is 23.4. The number of nitrogens with zero attached hydrogens (tertiary/aromatic N) is 3. The van der Waals surface area contributed by atoms with Crippen molar-refractivity contribution in [3.05, 3.63) is 29.1 Å². The number of hydrogen-bond donors (Lipinski definition) is 1. The SMILES string of the molecule is CC(=O)N1CCC(N2C[C@@H](F)[C@@H](OCc3nc4cc(C)c(C)cc4[nH]3)C2)CC1. The van der Waals surface area contributed by atoms with Gasteiger partial charge in [0, 0.05) is 39.1 Å². The highest BCUT2D eigenvalue weighted by Crippen LogP contribution is 2.25. The van der Waals surface area contributed by atoms with Crippen LogP contribution in [0.25, 0.3) is 11.0 Å². The topological polar surface area (TPSA) is 61.5 Å². The lowest BCUT2D eigenvalue weighted by Gasteiger charge is -2.36. The van der Waals surface area contributed by atoms with E-state index in [2.05, 4.69) is 40.8 Å². The molecule has 0 unspecified atom stereocenters. The van der Waals surface area contributed by atoms with E-state index in [-0.39, 0.29) is 12.5 Å². The van der Waals surface area contributed by atoms with E-state index in [0.717, 1.165) is 42.8 Å². The fourth-order valence-corrected chi connectivity index (χ4v) is 4.34. The van der Waals surface area contributed by atoms with Crippen LogP contribution < -0.4 is 0 Å². The number of fused-ring (bicyclic) bond motifs is 1. The number of halogens is 1. The summed E-state index contributed by atoms with van der Waals surface area (Å²) in [5.74, 6) is 0.862. The Kier molecular flexibility index (Phi) is 5.38. The molecule has 2 aliphatic rings. The van der Waals surface area contributed by atoms with Crippen molar-refractivity contribution in [1.82, 2.24) is 19.8 Å². The van der Waals surface area contributed by atoms with Gasteiger partial charge in [0.25, 0.3) is 0 Å². The summed E-state index contributed by atoms with van der Waals surface area (Å²) < 4.78 is 20.4. The molecule has 1 amide bonds. The van der Waals surface area contributed by atoms with E-state index in [1.54, 1.807) is 6.92 Å². The number of amides is 1. The number of hydrogen-bond acceptors (Lipinski definition) is 4. The molecule has 1 N–H and O–H groups in total. The molecule has 2 aromatic rings. The maximum Gasteiger partial charge on any atom is 0.219 e. The van der Waals surface area contributed by atoms with Crippen molar-refractivity contribution in [3.8, 4) is 0 Å². The number of piperidine rings is 1. The first-order valence-corrected chi connectivity index (χ1v) is 10.1. The normalized spacial score (nSPS) is 24.4. The fraction of sp³-hybridized carbons (Fsp3) is 0.619. The van der Waals surface area contributed by atoms with Gasteiger partial charge in [-0.1, -0.05) is 0 Å². The van der Waals surface area contributed by atoms with E-state index in [1.807, 2.05) is 4.90 Å². The lowest BCUT2D eigenvalue weighted by molar-refractivity contribution is -0.130. The summed E-state index contributed by atoms with van der Waals surface area (Å²) in [6.45, 7) is 8.58. The highest BCUT2D eigenvalue weighted by atomic mass is 19.1. The van der Waals surface area contributed by atoms with E-state index in [9.17, 15) is 9.18 Å². The number of likely N-dealkylation sites (tertiary alicyclic amines) is 2. The molecule has 0 aliphatic carbocycles. The van der Waals surface area contributed by atoms with Crippen LogP contribution in [0.2, 0.25) is 0 Å². The number of imidazole rings is 1. The minimum atomic E-state index is -0.986. The minimum absolute atomic E-state index is 0.126. The molecular formula is C21H29FN4O2. The number of rotatable bonds is 4. The molecule has 0 radical (unpaired) electrons.